The van der Waals surface area contributed by atoms with Crippen molar-refractivity contribution in [1.82, 2.24) is 25.1 Å². The summed E-state index contributed by atoms with van der Waals surface area (Å²) in [5, 5.41) is 18.0. The van der Waals surface area contributed by atoms with Gasteiger partial charge >= 0.3 is 30.3 Å². The van der Waals surface area contributed by atoms with E-state index >= 15 is 0 Å². The third-order valence-corrected chi connectivity index (χ3v) is 9.57. The number of likely N-dealkylation sites (tertiary alicyclic amines) is 1. The van der Waals surface area contributed by atoms with Gasteiger partial charge in [0.1, 0.15) is 12.4 Å². The van der Waals surface area contributed by atoms with Crippen molar-refractivity contribution in [1.29, 1.82) is 0 Å². The zero-order valence-electron chi connectivity index (χ0n) is 27.1. The van der Waals surface area contributed by atoms with Crippen LogP contribution >= 0.6 is 0 Å². The zero-order chi connectivity index (χ0) is 36.4. The summed E-state index contributed by atoms with van der Waals surface area (Å²) < 4.78 is 69.8. The number of carboxylic acid groups (broad SMARTS) is 2. The average molecular weight is 717 g/mol. The fraction of sp³-hybridized carbons (Fsp3) is 0.594. The Morgan fingerprint density at radius 3 is 2.16 bits per heavy atom. The maximum atomic E-state index is 12.7. The summed E-state index contributed by atoms with van der Waals surface area (Å²) >= 11 is 0. The van der Waals surface area contributed by atoms with E-state index in [1.54, 1.807) is 0 Å². The monoisotopic (exact) mass is 716 g/mol. The number of carbonyl (C=O) groups is 3. The number of hydrogen-bond donors (Lipinski definition) is 3. The first-order valence-electron chi connectivity index (χ1n) is 16.2. The third-order valence-electron chi connectivity index (χ3n) is 9.57. The molecule has 1 aromatic carbocycles. The number of rotatable bonds is 5. The minimum absolute atomic E-state index is 0.131. The maximum absolute atomic E-state index is 12.7. The second-order valence-corrected chi connectivity index (χ2v) is 12.9. The molecule has 7 rings (SSSR count). The second-order valence-electron chi connectivity index (χ2n) is 12.9. The number of ketones is 1. The summed E-state index contributed by atoms with van der Waals surface area (Å²) in [4.78, 5) is 47.8. The number of benzene rings is 1. The lowest BCUT2D eigenvalue weighted by Gasteiger charge is -2.38. The van der Waals surface area contributed by atoms with Crippen molar-refractivity contribution in [3.05, 3.63) is 46.6 Å². The number of Topliss-reactive ketones (excluding diaryl/α,β-unsaturated/α-hetero) is 1. The molecule has 5 heterocycles. The van der Waals surface area contributed by atoms with E-state index in [-0.39, 0.29) is 11.8 Å². The number of anilines is 1. The van der Waals surface area contributed by atoms with Crippen molar-refractivity contribution < 1.29 is 55.7 Å². The van der Waals surface area contributed by atoms with Crippen LogP contribution in [-0.2, 0) is 22.6 Å². The highest BCUT2D eigenvalue weighted by Crippen LogP contribution is 2.40. The lowest BCUT2D eigenvalue weighted by Crippen LogP contribution is -2.52. The Morgan fingerprint density at radius 2 is 1.58 bits per heavy atom. The quantitative estimate of drug-likeness (QED) is 0.386. The number of nitrogens with one attached hydrogen (secondary N) is 1. The normalized spacial score (nSPS) is 24.8. The molecule has 1 aliphatic carbocycles. The highest BCUT2D eigenvalue weighted by molar-refractivity contribution is 6.01. The number of hydrogen-bond acceptors (Lipinski definition) is 10. The highest BCUT2D eigenvalue weighted by atomic mass is 19.4. The van der Waals surface area contributed by atoms with Crippen molar-refractivity contribution in [2.45, 2.75) is 81.6 Å². The Hall–Kier alpha value is -4.03. The Morgan fingerprint density at radius 1 is 0.960 bits per heavy atom. The smallest absolute Gasteiger partial charge is 0.475 e. The van der Waals surface area contributed by atoms with Crippen molar-refractivity contribution in [2.24, 2.45) is 0 Å². The molecule has 50 heavy (non-hydrogen) atoms. The van der Waals surface area contributed by atoms with Crippen LogP contribution in [0.15, 0.2) is 24.3 Å². The number of carboxylic acids is 2. The molecule has 1 aromatic heterocycles. The van der Waals surface area contributed by atoms with Gasteiger partial charge in [-0.1, -0.05) is 24.3 Å². The molecule has 0 spiro atoms. The molecule has 0 radical (unpaired) electrons. The van der Waals surface area contributed by atoms with E-state index in [9.17, 15) is 31.1 Å². The van der Waals surface area contributed by atoms with E-state index in [1.165, 1.54) is 36.8 Å². The molecule has 2 bridgehead atoms. The Kier molecular flexibility index (Phi) is 11.2. The molecule has 12 nitrogen and oxygen atoms in total. The number of carbonyl (C=O) groups excluding carboxylic acids is 1. The summed E-state index contributed by atoms with van der Waals surface area (Å²) in [6.45, 7) is 5.41. The van der Waals surface area contributed by atoms with Crippen LogP contribution in [0.1, 0.15) is 65.3 Å². The first-order chi connectivity index (χ1) is 23.5. The van der Waals surface area contributed by atoms with E-state index < -0.39 is 24.3 Å². The maximum Gasteiger partial charge on any atom is 0.490 e. The first-order valence-corrected chi connectivity index (χ1v) is 16.2. The number of alkyl halides is 6. The number of aliphatic carboxylic acids is 2. The number of aromatic nitrogens is 2. The first kappa shape index (κ1) is 37.2. The van der Waals surface area contributed by atoms with Gasteiger partial charge in [-0.3, -0.25) is 9.69 Å². The van der Waals surface area contributed by atoms with Gasteiger partial charge in [-0.25, -0.2) is 9.59 Å². The minimum atomic E-state index is -5.08. The molecule has 3 saturated heterocycles. The Bertz CT molecular complexity index is 1540. The molecule has 3 N–H and O–H groups in total. The predicted molar refractivity (Wildman–Crippen MR) is 165 cm³/mol. The molecule has 5 aliphatic rings. The molecule has 4 aliphatic heterocycles. The molecule has 3 fully saturated rings. The molecule has 0 saturated carbocycles. The van der Waals surface area contributed by atoms with Gasteiger partial charge in [-0.05, 0) is 51.3 Å². The van der Waals surface area contributed by atoms with Crippen LogP contribution in [0.4, 0.5) is 32.2 Å². The lowest BCUT2D eigenvalue weighted by atomic mass is 10.00. The number of ether oxygens (including phenoxy) is 1. The van der Waals surface area contributed by atoms with Crippen molar-refractivity contribution in [2.75, 3.05) is 44.7 Å². The van der Waals surface area contributed by atoms with Crippen molar-refractivity contribution in [3.63, 3.8) is 0 Å². The van der Waals surface area contributed by atoms with Crippen LogP contribution in [0.25, 0.3) is 0 Å². The van der Waals surface area contributed by atoms with Crippen LogP contribution in [-0.4, -0.2) is 118 Å². The average Bonchev–Trinajstić information content (AvgIpc) is 3.74. The van der Waals surface area contributed by atoms with E-state index in [2.05, 4.69) is 33.1 Å². The standard InChI is InChI=1S/C28H36N6O2.2C2HF3O2/c1-32-11-4-5-20(32)17-36-28-30-24-16-33(25-13-26(35)22-7-3-2-6-21(22)25)12-10-23(24)27(31-28)34-14-18-8-9-19(15-34)29-18;2*3-2(4,5)1(6)7/h2-3,6-7,18-20,25,29H,4-5,8-17H2,1H3;2*(H,6,7)/t18-,19+,20-,25?;;/m0../s1. The second kappa shape index (κ2) is 15.1. The molecular formula is C32H38F6N6O6. The van der Waals surface area contributed by atoms with Gasteiger partial charge in [0.15, 0.2) is 5.78 Å². The van der Waals surface area contributed by atoms with E-state index in [0.29, 0.717) is 37.2 Å². The van der Waals surface area contributed by atoms with Crippen molar-refractivity contribution >= 4 is 23.5 Å². The molecule has 274 valence electrons. The Balaban J connectivity index is 0.000000295. The number of fused-ring (bicyclic) bond motifs is 4. The predicted octanol–water partition coefficient (Wildman–Crippen LogP) is 3.84. The van der Waals surface area contributed by atoms with Gasteiger partial charge in [0.25, 0.3) is 0 Å². The lowest BCUT2D eigenvalue weighted by molar-refractivity contribution is -0.193. The van der Waals surface area contributed by atoms with Crippen LogP contribution in [0.2, 0.25) is 0 Å². The van der Waals surface area contributed by atoms with Gasteiger partial charge in [-0.15, -0.1) is 0 Å². The number of piperazine rings is 1. The summed E-state index contributed by atoms with van der Waals surface area (Å²) in [6.07, 6.45) is -3.82. The van der Waals surface area contributed by atoms with Gasteiger partial charge < -0.3 is 30.1 Å². The highest BCUT2D eigenvalue weighted by Gasteiger charge is 2.40. The molecular weight excluding hydrogens is 678 g/mol. The Labute approximate surface area is 283 Å². The summed E-state index contributed by atoms with van der Waals surface area (Å²) in [5.74, 6) is -4.18. The van der Waals surface area contributed by atoms with Gasteiger partial charge in [0.2, 0.25) is 0 Å². The molecule has 1 unspecified atom stereocenters. The summed E-state index contributed by atoms with van der Waals surface area (Å²) in [6, 6.07) is 10.3. The zero-order valence-corrected chi connectivity index (χ0v) is 27.1. The fourth-order valence-electron chi connectivity index (χ4n) is 7.09. The fourth-order valence-corrected chi connectivity index (χ4v) is 7.09. The number of halogens is 6. The summed E-state index contributed by atoms with van der Waals surface area (Å²) in [7, 11) is 2.18. The molecule has 4 atom stereocenters. The van der Waals surface area contributed by atoms with E-state index in [4.69, 9.17) is 34.5 Å². The van der Waals surface area contributed by atoms with Crippen LogP contribution in [0.5, 0.6) is 6.01 Å². The molecule has 18 heteroatoms. The van der Waals surface area contributed by atoms with Gasteiger partial charge in [0.05, 0.1) is 5.69 Å². The van der Waals surface area contributed by atoms with Gasteiger partial charge in [0, 0.05) is 67.9 Å². The molecule has 2 aromatic rings. The number of likely N-dealkylation sites (N-methyl/N-ethyl adjacent to an activating group) is 1. The van der Waals surface area contributed by atoms with Crippen molar-refractivity contribution in [3.8, 4) is 6.01 Å². The van der Waals surface area contributed by atoms with Gasteiger partial charge in [-0.2, -0.15) is 36.3 Å². The SMILES string of the molecule is CN1CCC[C@H]1COc1nc2c(c(N3C[C@H]4CC[C@@H](C3)N4)n1)CCN(C1CC(=O)c3ccccc31)C2.O=C(O)C(F)(F)F.O=C(O)C(F)(F)F. The summed E-state index contributed by atoms with van der Waals surface area (Å²) in [5.41, 5.74) is 4.40. The number of nitrogens with zero attached hydrogens (tertiary/aromatic N) is 5. The minimum Gasteiger partial charge on any atom is -0.475 e. The molecule has 0 amide bonds. The third kappa shape index (κ3) is 8.81. The largest absolute Gasteiger partial charge is 0.490 e. The van der Waals surface area contributed by atoms with Crippen LogP contribution < -0.4 is 15.0 Å². The van der Waals surface area contributed by atoms with E-state index in [1.807, 2.05) is 18.2 Å². The van der Waals surface area contributed by atoms with E-state index in [0.717, 1.165) is 56.2 Å². The van der Waals surface area contributed by atoms with Crippen LogP contribution in [0, 0.1) is 0 Å². The topological polar surface area (TPSA) is 148 Å². The van der Waals surface area contributed by atoms with Crippen LogP contribution in [0.3, 0.4) is 0 Å².